The van der Waals surface area contributed by atoms with Crippen LogP contribution in [0.2, 0.25) is 0 Å². The smallest absolute Gasteiger partial charge is 0.343 e. The lowest BCUT2D eigenvalue weighted by atomic mass is 10.1. The van der Waals surface area contributed by atoms with Gasteiger partial charge in [-0.1, -0.05) is 13.3 Å². The highest BCUT2D eigenvalue weighted by Crippen LogP contribution is 2.32. The quantitative estimate of drug-likeness (QED) is 0.559. The molecule has 0 spiro atoms. The number of aliphatic carboxylic acids is 1. The molecule has 6 heteroatoms. The molecule has 0 aromatic carbocycles. The summed E-state index contributed by atoms with van der Waals surface area (Å²) in [6, 6.07) is 0. The molecule has 0 amide bonds. The van der Waals surface area contributed by atoms with Gasteiger partial charge in [0.25, 0.3) is 12.0 Å². The third-order valence-electron chi connectivity index (χ3n) is 1.33. The second-order valence-corrected chi connectivity index (χ2v) is 2.40. The molecule has 1 N–H and O–H groups in total. The van der Waals surface area contributed by atoms with E-state index in [-0.39, 0.29) is 6.42 Å². The lowest BCUT2D eigenvalue weighted by Gasteiger charge is -2.14. The fraction of sp³-hybridized carbons (Fsp3) is 0.571. The standard InChI is InChI=1S/C7H8F4O2/c1-2-3-7(10,11)4(5(8)9)6(12)13/h2-3H2,1H3,(H,12,13). The average Bonchev–Trinajstić information content (AvgIpc) is 1.82. The maximum Gasteiger partial charge on any atom is 0.343 e. The summed E-state index contributed by atoms with van der Waals surface area (Å²) in [6.07, 6.45) is -3.81. The first-order chi connectivity index (χ1) is 5.83. The van der Waals surface area contributed by atoms with Crippen molar-refractivity contribution in [3.8, 4) is 0 Å². The Hall–Kier alpha value is -1.07. The molecule has 0 aromatic rings. The molecule has 0 aliphatic rings. The molecular weight excluding hydrogens is 192 g/mol. The number of carboxylic acid groups (broad SMARTS) is 1. The Kier molecular flexibility index (Phi) is 3.90. The van der Waals surface area contributed by atoms with Crippen molar-refractivity contribution in [1.29, 1.82) is 0 Å². The third kappa shape index (κ3) is 3.04. The van der Waals surface area contributed by atoms with E-state index in [0.717, 1.165) is 0 Å². The summed E-state index contributed by atoms with van der Waals surface area (Å²) in [5.41, 5.74) is -2.10. The molecule has 0 aliphatic carbocycles. The van der Waals surface area contributed by atoms with E-state index in [1.807, 2.05) is 0 Å². The van der Waals surface area contributed by atoms with Gasteiger partial charge in [-0.05, 0) is 0 Å². The highest BCUT2D eigenvalue weighted by Gasteiger charge is 2.41. The Labute approximate surface area is 71.9 Å². The van der Waals surface area contributed by atoms with E-state index >= 15 is 0 Å². The summed E-state index contributed by atoms with van der Waals surface area (Å²) in [7, 11) is 0. The number of hydrogen-bond donors (Lipinski definition) is 1. The molecule has 0 atom stereocenters. The first kappa shape index (κ1) is 11.9. The zero-order chi connectivity index (χ0) is 10.6. The molecule has 2 nitrogen and oxygen atoms in total. The molecule has 13 heavy (non-hydrogen) atoms. The van der Waals surface area contributed by atoms with E-state index in [9.17, 15) is 22.4 Å². The summed E-state index contributed by atoms with van der Waals surface area (Å²) >= 11 is 0. The Morgan fingerprint density at radius 1 is 1.38 bits per heavy atom. The van der Waals surface area contributed by atoms with Gasteiger partial charge in [0, 0.05) is 6.42 Å². The van der Waals surface area contributed by atoms with Gasteiger partial charge < -0.3 is 5.11 Å². The molecule has 0 bridgehead atoms. The minimum Gasteiger partial charge on any atom is -0.478 e. The third-order valence-corrected chi connectivity index (χ3v) is 1.33. The van der Waals surface area contributed by atoms with Gasteiger partial charge in [0.05, 0.1) is 0 Å². The second-order valence-electron chi connectivity index (χ2n) is 2.40. The van der Waals surface area contributed by atoms with Crippen LogP contribution >= 0.6 is 0 Å². The monoisotopic (exact) mass is 200 g/mol. The maximum absolute atomic E-state index is 12.7. The number of hydrogen-bond acceptors (Lipinski definition) is 1. The van der Waals surface area contributed by atoms with E-state index in [2.05, 4.69) is 0 Å². The number of halogens is 4. The summed E-state index contributed by atoms with van der Waals surface area (Å²) in [4.78, 5) is 10.0. The van der Waals surface area contributed by atoms with Crippen LogP contribution in [-0.2, 0) is 4.79 Å². The van der Waals surface area contributed by atoms with Crippen LogP contribution in [0.3, 0.4) is 0 Å². The number of carboxylic acids is 1. The number of carbonyl (C=O) groups is 1. The summed E-state index contributed by atoms with van der Waals surface area (Å²) < 4.78 is 48.9. The molecule has 0 saturated heterocycles. The normalized spacial score (nSPS) is 11.2. The van der Waals surface area contributed by atoms with Gasteiger partial charge in [-0.25, -0.2) is 13.6 Å². The molecule has 0 aromatic heterocycles. The molecule has 0 fully saturated rings. The molecule has 0 rings (SSSR count). The predicted molar refractivity (Wildman–Crippen MR) is 36.7 cm³/mol. The van der Waals surface area contributed by atoms with Crippen LogP contribution in [0.4, 0.5) is 17.6 Å². The van der Waals surface area contributed by atoms with Crippen LogP contribution < -0.4 is 0 Å². The maximum atomic E-state index is 12.7. The van der Waals surface area contributed by atoms with Crippen molar-refractivity contribution in [2.24, 2.45) is 0 Å². The Morgan fingerprint density at radius 3 is 2.08 bits per heavy atom. The van der Waals surface area contributed by atoms with Gasteiger partial charge in [0.15, 0.2) is 5.57 Å². The van der Waals surface area contributed by atoms with Crippen LogP contribution in [0.1, 0.15) is 19.8 Å². The average molecular weight is 200 g/mol. The van der Waals surface area contributed by atoms with Crippen LogP contribution in [0.15, 0.2) is 11.7 Å². The van der Waals surface area contributed by atoms with Crippen molar-refractivity contribution in [3.05, 3.63) is 11.7 Å². The zero-order valence-corrected chi connectivity index (χ0v) is 6.78. The first-order valence-electron chi connectivity index (χ1n) is 3.49. The zero-order valence-electron chi connectivity index (χ0n) is 6.78. The lowest BCUT2D eigenvalue weighted by molar-refractivity contribution is -0.136. The van der Waals surface area contributed by atoms with Gasteiger partial charge in [-0.15, -0.1) is 0 Å². The van der Waals surface area contributed by atoms with Crippen molar-refractivity contribution in [2.75, 3.05) is 0 Å². The van der Waals surface area contributed by atoms with Crippen LogP contribution in [0, 0.1) is 0 Å². The van der Waals surface area contributed by atoms with Crippen molar-refractivity contribution in [3.63, 3.8) is 0 Å². The van der Waals surface area contributed by atoms with Gasteiger partial charge in [-0.3, -0.25) is 0 Å². The van der Waals surface area contributed by atoms with Gasteiger partial charge >= 0.3 is 5.97 Å². The summed E-state index contributed by atoms with van der Waals surface area (Å²) in [5, 5.41) is 8.09. The van der Waals surface area contributed by atoms with E-state index in [4.69, 9.17) is 5.11 Å². The molecule has 0 saturated carbocycles. The largest absolute Gasteiger partial charge is 0.478 e. The van der Waals surface area contributed by atoms with Gasteiger partial charge in [0.1, 0.15) is 0 Å². The van der Waals surface area contributed by atoms with Crippen LogP contribution in [-0.4, -0.2) is 17.0 Å². The van der Waals surface area contributed by atoms with Crippen molar-refractivity contribution < 1.29 is 27.5 Å². The van der Waals surface area contributed by atoms with E-state index in [0.29, 0.717) is 0 Å². The fourth-order valence-corrected chi connectivity index (χ4v) is 0.815. The molecule has 0 radical (unpaired) electrons. The van der Waals surface area contributed by atoms with Crippen LogP contribution in [0.25, 0.3) is 0 Å². The first-order valence-corrected chi connectivity index (χ1v) is 3.49. The minimum atomic E-state index is -3.96. The molecule has 76 valence electrons. The van der Waals surface area contributed by atoms with Crippen LogP contribution in [0.5, 0.6) is 0 Å². The topological polar surface area (TPSA) is 37.3 Å². The fourth-order valence-electron chi connectivity index (χ4n) is 0.815. The molecule has 0 heterocycles. The number of alkyl halides is 2. The molecule has 0 aliphatic heterocycles. The Morgan fingerprint density at radius 2 is 1.85 bits per heavy atom. The number of rotatable bonds is 4. The highest BCUT2D eigenvalue weighted by atomic mass is 19.3. The minimum absolute atomic E-state index is 0.0724. The highest BCUT2D eigenvalue weighted by molar-refractivity contribution is 5.88. The predicted octanol–water partition coefficient (Wildman–Crippen LogP) is 2.66. The molecular formula is C7H8F4O2. The lowest BCUT2D eigenvalue weighted by Crippen LogP contribution is -2.25. The van der Waals surface area contributed by atoms with Gasteiger partial charge in [0.2, 0.25) is 0 Å². The SMILES string of the molecule is CCCC(F)(F)C(C(=O)O)=C(F)F. The van der Waals surface area contributed by atoms with Crippen molar-refractivity contribution in [2.45, 2.75) is 25.7 Å². The van der Waals surface area contributed by atoms with E-state index in [1.54, 1.807) is 0 Å². The van der Waals surface area contributed by atoms with Crippen molar-refractivity contribution >= 4 is 5.97 Å². The van der Waals surface area contributed by atoms with E-state index < -0.39 is 30.0 Å². The Balaban J connectivity index is 4.97. The summed E-state index contributed by atoms with van der Waals surface area (Å²) in [6.45, 7) is 1.35. The van der Waals surface area contributed by atoms with Gasteiger partial charge in [-0.2, -0.15) is 8.78 Å². The molecule has 0 unspecified atom stereocenters. The summed E-state index contributed by atoms with van der Waals surface area (Å²) in [5.74, 6) is -6.24. The second kappa shape index (κ2) is 4.25. The van der Waals surface area contributed by atoms with Crippen molar-refractivity contribution in [1.82, 2.24) is 0 Å². The van der Waals surface area contributed by atoms with E-state index in [1.165, 1.54) is 6.92 Å². The Bertz CT molecular complexity index is 231.